The third kappa shape index (κ3) is 4.62. The Balaban J connectivity index is 1.57. The van der Waals surface area contributed by atoms with Crippen molar-refractivity contribution in [3.8, 4) is 11.8 Å². The Kier molecular flexibility index (Phi) is 6.82. The first-order chi connectivity index (χ1) is 18.5. The smallest absolute Gasteiger partial charge is 0.177 e. The molecule has 1 atom stereocenters. The molecule has 39 heavy (non-hydrogen) atoms. The summed E-state index contributed by atoms with van der Waals surface area (Å²) in [6.45, 7) is 7.14. The second kappa shape index (κ2) is 9.98. The molecule has 2 N–H and O–H groups in total. The Bertz CT molecular complexity index is 1740. The van der Waals surface area contributed by atoms with Crippen LogP contribution in [-0.4, -0.2) is 59.1 Å². The average Bonchev–Trinajstić information content (AvgIpc) is 3.21. The first kappa shape index (κ1) is 26.6. The summed E-state index contributed by atoms with van der Waals surface area (Å²) in [6.07, 6.45) is 5.52. The third-order valence-electron chi connectivity index (χ3n) is 6.99. The van der Waals surface area contributed by atoms with E-state index in [1.54, 1.807) is 23.0 Å². The molecule has 1 saturated heterocycles. The molecular weight excluding hydrogens is 540 g/mol. The molecule has 0 amide bonds. The quantitative estimate of drug-likeness (QED) is 0.350. The Morgan fingerprint density at radius 2 is 2.03 bits per heavy atom. The molecule has 0 bridgehead atoms. The van der Waals surface area contributed by atoms with Crippen molar-refractivity contribution in [1.29, 1.82) is 5.26 Å². The fraction of sp³-hybridized carbons (Fsp3) is 0.346. The third-order valence-corrected chi connectivity index (χ3v) is 8.37. The number of fused-ring (bicyclic) bond motifs is 1. The van der Waals surface area contributed by atoms with Gasteiger partial charge in [0.15, 0.2) is 15.5 Å². The minimum atomic E-state index is -3.39. The summed E-state index contributed by atoms with van der Waals surface area (Å²) in [4.78, 5) is 14.8. The molecule has 0 spiro atoms. The van der Waals surface area contributed by atoms with Gasteiger partial charge in [-0.3, -0.25) is 4.98 Å². The number of pyridine rings is 1. The van der Waals surface area contributed by atoms with Gasteiger partial charge in [-0.2, -0.15) is 10.4 Å². The SMILES string of the molecule is CCOc1c(C(C)n2nc(C)c3c(N)ncnc32)cc(Cl)c(C#N)c1C1CN(c2cncc(S(C)(=O)=O)c2)C1. The Hall–Kier alpha value is -3.95. The largest absolute Gasteiger partial charge is 0.493 e. The number of aryl methyl sites for hydroxylation is 1. The number of anilines is 2. The van der Waals surface area contributed by atoms with E-state index in [2.05, 4.69) is 21.0 Å². The molecule has 1 unspecified atom stereocenters. The van der Waals surface area contributed by atoms with Crippen molar-refractivity contribution in [3.63, 3.8) is 0 Å². The Labute approximate surface area is 231 Å². The summed E-state index contributed by atoms with van der Waals surface area (Å²) >= 11 is 6.69. The predicted molar refractivity (Wildman–Crippen MR) is 148 cm³/mol. The highest BCUT2D eigenvalue weighted by Crippen LogP contribution is 2.45. The molecule has 1 fully saturated rings. The summed E-state index contributed by atoms with van der Waals surface area (Å²) in [5.74, 6) is 0.854. The summed E-state index contributed by atoms with van der Waals surface area (Å²) in [5, 5.41) is 15.8. The van der Waals surface area contributed by atoms with Crippen LogP contribution in [0.1, 0.15) is 48.2 Å². The molecule has 1 aliphatic rings. The highest BCUT2D eigenvalue weighted by molar-refractivity contribution is 7.90. The van der Waals surface area contributed by atoms with E-state index in [9.17, 15) is 13.7 Å². The fourth-order valence-corrected chi connectivity index (χ4v) is 5.87. The molecule has 202 valence electrons. The maximum atomic E-state index is 12.0. The van der Waals surface area contributed by atoms with E-state index in [1.165, 1.54) is 12.5 Å². The lowest BCUT2D eigenvalue weighted by molar-refractivity contribution is 0.323. The fourth-order valence-electron chi connectivity index (χ4n) is 5.02. The monoisotopic (exact) mass is 566 g/mol. The van der Waals surface area contributed by atoms with Crippen molar-refractivity contribution in [3.05, 3.63) is 58.3 Å². The van der Waals surface area contributed by atoms with Gasteiger partial charge in [-0.25, -0.2) is 23.1 Å². The number of ether oxygens (including phenoxy) is 1. The van der Waals surface area contributed by atoms with Gasteiger partial charge in [-0.1, -0.05) is 11.6 Å². The van der Waals surface area contributed by atoms with Crippen molar-refractivity contribution < 1.29 is 13.2 Å². The molecule has 11 nitrogen and oxygen atoms in total. The molecule has 3 aromatic heterocycles. The molecule has 13 heteroatoms. The van der Waals surface area contributed by atoms with Gasteiger partial charge in [0.1, 0.15) is 24.0 Å². The standard InChI is InChI=1S/C26H27ClN8O3S/c1-5-38-24-19(15(3)35-26-22(14(2)33-35)25(29)31-13-32-26)7-21(27)20(8-28)23(24)16-11-34(12-16)17-6-18(10-30-9-17)39(4,36)37/h6-7,9-10,13,15-16H,5,11-12H2,1-4H3,(H2,29,31,32). The number of nitrogen functional groups attached to an aromatic ring is 1. The molecule has 1 aliphatic heterocycles. The van der Waals surface area contributed by atoms with Crippen LogP contribution in [0.4, 0.5) is 11.5 Å². The Morgan fingerprint density at radius 1 is 1.28 bits per heavy atom. The maximum absolute atomic E-state index is 12.0. The number of aromatic nitrogens is 5. The van der Waals surface area contributed by atoms with Crippen molar-refractivity contribution >= 4 is 44.0 Å². The number of benzene rings is 1. The average molecular weight is 567 g/mol. The predicted octanol–water partition coefficient (Wildman–Crippen LogP) is 3.65. The zero-order valence-corrected chi connectivity index (χ0v) is 23.5. The van der Waals surface area contributed by atoms with Crippen molar-refractivity contribution in [2.24, 2.45) is 0 Å². The summed E-state index contributed by atoms with van der Waals surface area (Å²) < 4.78 is 32.0. The summed E-state index contributed by atoms with van der Waals surface area (Å²) in [5.41, 5.74) is 9.93. The molecule has 0 aliphatic carbocycles. The van der Waals surface area contributed by atoms with Gasteiger partial charge < -0.3 is 15.4 Å². The van der Waals surface area contributed by atoms with Crippen LogP contribution in [0.15, 0.2) is 35.7 Å². The number of nitriles is 1. The summed E-state index contributed by atoms with van der Waals surface area (Å²) in [6, 6.07) is 5.27. The lowest BCUT2D eigenvalue weighted by Crippen LogP contribution is -2.45. The first-order valence-corrected chi connectivity index (χ1v) is 14.6. The molecule has 0 radical (unpaired) electrons. The number of hydrogen-bond acceptors (Lipinski definition) is 10. The Morgan fingerprint density at radius 3 is 2.69 bits per heavy atom. The van der Waals surface area contributed by atoms with Gasteiger partial charge in [0.05, 0.1) is 51.1 Å². The zero-order valence-electron chi connectivity index (χ0n) is 21.9. The van der Waals surface area contributed by atoms with Crippen LogP contribution in [0.2, 0.25) is 5.02 Å². The second-order valence-corrected chi connectivity index (χ2v) is 11.9. The lowest BCUT2D eigenvalue weighted by Gasteiger charge is -2.42. The summed E-state index contributed by atoms with van der Waals surface area (Å²) in [7, 11) is -3.39. The van der Waals surface area contributed by atoms with Gasteiger partial charge in [-0.15, -0.1) is 0 Å². The number of rotatable bonds is 7. The number of nitrogens with zero attached hydrogens (tertiary/aromatic N) is 7. The highest BCUT2D eigenvalue weighted by Gasteiger charge is 2.36. The molecule has 5 rings (SSSR count). The van der Waals surface area contributed by atoms with E-state index in [-0.39, 0.29) is 16.9 Å². The molecule has 4 heterocycles. The van der Waals surface area contributed by atoms with Gasteiger partial charge in [0.25, 0.3) is 0 Å². The molecule has 0 saturated carbocycles. The number of nitrogens with two attached hydrogens (primary N) is 1. The number of sulfone groups is 1. The van der Waals surface area contributed by atoms with E-state index >= 15 is 0 Å². The molecular formula is C26H27ClN8O3S. The normalized spacial score (nSPS) is 14.7. The van der Waals surface area contributed by atoms with E-state index in [0.717, 1.165) is 17.4 Å². The number of halogens is 1. The van der Waals surface area contributed by atoms with Crippen molar-refractivity contribution in [2.45, 2.75) is 37.6 Å². The maximum Gasteiger partial charge on any atom is 0.177 e. The van der Waals surface area contributed by atoms with Crippen LogP contribution in [0, 0.1) is 18.3 Å². The van der Waals surface area contributed by atoms with Crippen LogP contribution >= 0.6 is 11.6 Å². The van der Waals surface area contributed by atoms with Crippen molar-refractivity contribution in [2.75, 3.05) is 36.6 Å². The number of hydrogen-bond donors (Lipinski definition) is 1. The van der Waals surface area contributed by atoms with E-state index in [1.807, 2.05) is 25.7 Å². The van der Waals surface area contributed by atoms with Gasteiger partial charge in [0, 0.05) is 42.6 Å². The van der Waals surface area contributed by atoms with Crippen LogP contribution in [0.25, 0.3) is 11.0 Å². The van der Waals surface area contributed by atoms with Crippen LogP contribution in [0.3, 0.4) is 0 Å². The van der Waals surface area contributed by atoms with Gasteiger partial charge in [0.2, 0.25) is 0 Å². The highest BCUT2D eigenvalue weighted by atomic mass is 35.5. The second-order valence-electron chi connectivity index (χ2n) is 9.53. The van der Waals surface area contributed by atoms with E-state index in [4.69, 9.17) is 27.2 Å². The minimum Gasteiger partial charge on any atom is -0.493 e. The van der Waals surface area contributed by atoms with Gasteiger partial charge in [-0.05, 0) is 32.9 Å². The topological polar surface area (TPSA) is 153 Å². The minimum absolute atomic E-state index is 0.0817. The molecule has 4 aromatic rings. The zero-order chi connectivity index (χ0) is 28.1. The van der Waals surface area contributed by atoms with E-state index < -0.39 is 9.84 Å². The molecule has 1 aromatic carbocycles. The van der Waals surface area contributed by atoms with Crippen molar-refractivity contribution in [1.82, 2.24) is 24.7 Å². The van der Waals surface area contributed by atoms with Crippen LogP contribution in [-0.2, 0) is 9.84 Å². The van der Waals surface area contributed by atoms with Crippen LogP contribution in [0.5, 0.6) is 5.75 Å². The lowest BCUT2D eigenvalue weighted by atomic mass is 9.84. The van der Waals surface area contributed by atoms with Gasteiger partial charge >= 0.3 is 0 Å². The van der Waals surface area contributed by atoms with E-state index in [0.29, 0.717) is 64.3 Å². The van der Waals surface area contributed by atoms with Crippen LogP contribution < -0.4 is 15.4 Å². The first-order valence-electron chi connectivity index (χ1n) is 12.3.